The van der Waals surface area contributed by atoms with E-state index in [4.69, 9.17) is 0 Å². The number of rotatable bonds is 4. The van der Waals surface area contributed by atoms with Gasteiger partial charge in [-0.05, 0) is 31.0 Å². The summed E-state index contributed by atoms with van der Waals surface area (Å²) in [4.78, 5) is 13.5. The zero-order valence-electron chi connectivity index (χ0n) is 15.1. The van der Waals surface area contributed by atoms with Crippen LogP contribution in [0.15, 0.2) is 43.0 Å². The maximum Gasteiger partial charge on any atom is 0.145 e. The molecule has 0 aliphatic rings. The Morgan fingerprint density at radius 3 is 2.69 bits per heavy atom. The molecular weight excluding hydrogens is 326 g/mol. The van der Waals surface area contributed by atoms with E-state index < -0.39 is 6.10 Å². The predicted molar refractivity (Wildman–Crippen MR) is 103 cm³/mol. The van der Waals surface area contributed by atoms with Crippen LogP contribution < -0.4 is 5.32 Å². The van der Waals surface area contributed by atoms with Gasteiger partial charge in [-0.2, -0.15) is 0 Å². The van der Waals surface area contributed by atoms with Crippen molar-refractivity contribution >= 4 is 22.4 Å². The van der Waals surface area contributed by atoms with E-state index in [1.807, 2.05) is 51.6 Å². The van der Waals surface area contributed by atoms with Crippen LogP contribution in [0.5, 0.6) is 0 Å². The highest BCUT2D eigenvalue weighted by Crippen LogP contribution is 2.32. The number of fused-ring (bicyclic) bond motifs is 3. The Balaban J connectivity index is 1.95. The van der Waals surface area contributed by atoms with Crippen LogP contribution >= 0.6 is 0 Å². The lowest BCUT2D eigenvalue weighted by Crippen LogP contribution is -2.01. The predicted octanol–water partition coefficient (Wildman–Crippen LogP) is 3.74. The van der Waals surface area contributed by atoms with E-state index in [9.17, 15) is 5.11 Å². The number of pyridine rings is 3. The lowest BCUT2D eigenvalue weighted by atomic mass is 10.0. The van der Waals surface area contributed by atoms with Gasteiger partial charge < -0.3 is 10.4 Å². The number of hydrogen-bond acceptors (Lipinski definition) is 5. The molecule has 4 aromatic rings. The third-order valence-corrected chi connectivity index (χ3v) is 4.76. The Bertz CT molecular complexity index is 1100. The van der Waals surface area contributed by atoms with Crippen molar-refractivity contribution in [1.82, 2.24) is 19.4 Å². The van der Waals surface area contributed by atoms with Gasteiger partial charge in [0.25, 0.3) is 0 Å². The number of nitrogens with zero attached hydrogens (tertiary/aromatic N) is 4. The molecule has 6 heteroatoms. The molecule has 0 amide bonds. The van der Waals surface area contributed by atoms with E-state index in [0.717, 1.165) is 39.1 Å². The van der Waals surface area contributed by atoms with Gasteiger partial charge in [-0.1, -0.05) is 6.92 Å². The molecule has 0 unspecified atom stereocenters. The summed E-state index contributed by atoms with van der Waals surface area (Å²) < 4.78 is 2.07. The van der Waals surface area contributed by atoms with Crippen LogP contribution in [0.4, 0.5) is 5.82 Å². The molecule has 2 N–H and O–H groups in total. The average molecular weight is 347 g/mol. The van der Waals surface area contributed by atoms with Crippen LogP contribution in [0, 0.1) is 6.92 Å². The number of nitrogens with one attached hydrogen (secondary N) is 1. The summed E-state index contributed by atoms with van der Waals surface area (Å²) in [6.07, 6.45) is 7.56. The standard InChI is InChI=1S/C20H21N5O/c1-4-18(26)16-7-12(2)15(11-23-16)14-8-13-10-24-19(21-3)9-17(13)25-6-5-22-20(14)25/h5-11,18,26H,4H2,1-3H3,(H,21,24)/t18-/m0/s1. The molecule has 0 radical (unpaired) electrons. The van der Waals surface area contributed by atoms with Crippen molar-refractivity contribution in [3.63, 3.8) is 0 Å². The number of hydrogen-bond donors (Lipinski definition) is 2. The van der Waals surface area contributed by atoms with Gasteiger partial charge in [0.1, 0.15) is 11.5 Å². The molecule has 132 valence electrons. The summed E-state index contributed by atoms with van der Waals surface area (Å²) in [5.74, 6) is 0.816. The SMILES string of the molecule is CC[C@H](O)c1cc(C)c(-c2cc3cnc(NC)cc3n3ccnc23)cn1. The average Bonchev–Trinajstić information content (AvgIpc) is 3.16. The second-order valence-corrected chi connectivity index (χ2v) is 6.41. The van der Waals surface area contributed by atoms with Crippen molar-refractivity contribution in [2.75, 3.05) is 12.4 Å². The first-order valence-electron chi connectivity index (χ1n) is 8.71. The van der Waals surface area contributed by atoms with Crippen molar-refractivity contribution in [2.45, 2.75) is 26.4 Å². The monoisotopic (exact) mass is 347 g/mol. The van der Waals surface area contributed by atoms with Crippen LogP contribution in [-0.2, 0) is 0 Å². The molecule has 0 spiro atoms. The Hall–Kier alpha value is -2.99. The lowest BCUT2D eigenvalue weighted by molar-refractivity contribution is 0.169. The Kier molecular flexibility index (Phi) is 4.05. The van der Waals surface area contributed by atoms with Crippen molar-refractivity contribution in [3.8, 4) is 11.1 Å². The van der Waals surface area contributed by atoms with Crippen molar-refractivity contribution in [3.05, 3.63) is 54.2 Å². The van der Waals surface area contributed by atoms with Crippen LogP contribution in [0.25, 0.3) is 27.7 Å². The maximum absolute atomic E-state index is 10.1. The van der Waals surface area contributed by atoms with Gasteiger partial charge in [0.05, 0.1) is 17.3 Å². The van der Waals surface area contributed by atoms with Crippen LogP contribution in [0.2, 0.25) is 0 Å². The van der Waals surface area contributed by atoms with Gasteiger partial charge >= 0.3 is 0 Å². The second-order valence-electron chi connectivity index (χ2n) is 6.41. The van der Waals surface area contributed by atoms with Crippen molar-refractivity contribution in [2.24, 2.45) is 0 Å². The van der Waals surface area contributed by atoms with E-state index >= 15 is 0 Å². The Morgan fingerprint density at radius 1 is 1.12 bits per heavy atom. The van der Waals surface area contributed by atoms with E-state index in [-0.39, 0.29) is 0 Å². The minimum absolute atomic E-state index is 0.532. The first-order valence-corrected chi connectivity index (χ1v) is 8.71. The molecule has 0 saturated heterocycles. The third-order valence-electron chi connectivity index (χ3n) is 4.76. The fraction of sp³-hybridized carbons (Fsp3) is 0.250. The van der Waals surface area contributed by atoms with Crippen molar-refractivity contribution in [1.29, 1.82) is 0 Å². The van der Waals surface area contributed by atoms with Crippen LogP contribution in [0.1, 0.15) is 30.7 Å². The number of aromatic nitrogens is 4. The molecule has 0 saturated carbocycles. The summed E-state index contributed by atoms with van der Waals surface area (Å²) in [7, 11) is 1.86. The fourth-order valence-electron chi connectivity index (χ4n) is 3.28. The highest BCUT2D eigenvalue weighted by atomic mass is 16.3. The molecule has 0 aromatic carbocycles. The van der Waals surface area contributed by atoms with Gasteiger partial charge in [0, 0.05) is 54.4 Å². The van der Waals surface area contributed by atoms with Gasteiger partial charge in [0.15, 0.2) is 0 Å². The lowest BCUT2D eigenvalue weighted by Gasteiger charge is -2.13. The third kappa shape index (κ3) is 2.59. The topological polar surface area (TPSA) is 75.3 Å². The smallest absolute Gasteiger partial charge is 0.145 e. The summed E-state index contributed by atoms with van der Waals surface area (Å²) in [6, 6.07) is 6.07. The number of imidazole rings is 1. The number of anilines is 1. The molecule has 6 nitrogen and oxygen atoms in total. The number of aryl methyl sites for hydroxylation is 1. The molecule has 4 heterocycles. The normalized spacial score (nSPS) is 12.6. The summed E-state index contributed by atoms with van der Waals surface area (Å²) in [5.41, 5.74) is 5.70. The van der Waals surface area contributed by atoms with E-state index in [1.165, 1.54) is 0 Å². The number of aliphatic hydroxyl groups excluding tert-OH is 1. The minimum Gasteiger partial charge on any atom is -0.387 e. The summed E-state index contributed by atoms with van der Waals surface area (Å²) >= 11 is 0. The largest absolute Gasteiger partial charge is 0.387 e. The zero-order chi connectivity index (χ0) is 18.3. The molecule has 0 aliphatic heterocycles. The molecule has 0 aliphatic carbocycles. The first kappa shape index (κ1) is 16.5. The van der Waals surface area contributed by atoms with Gasteiger partial charge in [0.2, 0.25) is 0 Å². The van der Waals surface area contributed by atoms with Crippen LogP contribution in [-0.4, -0.2) is 31.5 Å². The van der Waals surface area contributed by atoms with Gasteiger partial charge in [-0.15, -0.1) is 0 Å². The summed E-state index contributed by atoms with van der Waals surface area (Å²) in [5, 5.41) is 14.2. The molecule has 0 fully saturated rings. The van der Waals surface area contributed by atoms with E-state index in [1.54, 1.807) is 6.20 Å². The minimum atomic E-state index is -0.532. The van der Waals surface area contributed by atoms with E-state index in [0.29, 0.717) is 12.1 Å². The van der Waals surface area contributed by atoms with Crippen molar-refractivity contribution < 1.29 is 5.11 Å². The highest BCUT2D eigenvalue weighted by molar-refractivity contribution is 5.92. The molecule has 0 bridgehead atoms. The molecule has 1 atom stereocenters. The second kappa shape index (κ2) is 6.38. The summed E-state index contributed by atoms with van der Waals surface area (Å²) in [6.45, 7) is 3.98. The molecule has 4 rings (SSSR count). The number of aliphatic hydroxyl groups is 1. The van der Waals surface area contributed by atoms with Gasteiger partial charge in [-0.3, -0.25) is 9.38 Å². The Labute approximate surface area is 151 Å². The fourth-order valence-corrected chi connectivity index (χ4v) is 3.28. The van der Waals surface area contributed by atoms with E-state index in [2.05, 4.69) is 30.7 Å². The Morgan fingerprint density at radius 2 is 1.96 bits per heavy atom. The molecule has 26 heavy (non-hydrogen) atoms. The molecular formula is C20H21N5O. The maximum atomic E-state index is 10.1. The molecule has 4 aromatic heterocycles. The zero-order valence-corrected chi connectivity index (χ0v) is 15.1. The quantitative estimate of drug-likeness (QED) is 0.588. The highest BCUT2D eigenvalue weighted by Gasteiger charge is 2.15. The van der Waals surface area contributed by atoms with Crippen LogP contribution in [0.3, 0.4) is 0 Å². The first-order chi connectivity index (χ1) is 12.6. The van der Waals surface area contributed by atoms with Gasteiger partial charge in [-0.25, -0.2) is 9.97 Å².